The molecular weight excluding hydrogens is 328 g/mol. The number of imidazole rings is 1. The molecule has 0 aliphatic rings. The molecule has 0 unspecified atom stereocenters. The summed E-state index contributed by atoms with van der Waals surface area (Å²) in [4.78, 5) is 21.1. The zero-order valence-electron chi connectivity index (χ0n) is 13.8. The van der Waals surface area contributed by atoms with Gasteiger partial charge in [-0.05, 0) is 29.8 Å². The highest BCUT2D eigenvalue weighted by molar-refractivity contribution is 5.95. The van der Waals surface area contributed by atoms with Crippen molar-refractivity contribution in [3.63, 3.8) is 0 Å². The molecule has 1 atom stereocenters. The number of hydrogen-bond donors (Lipinski definition) is 1. The standard InChI is InChI=1S/C20H16N4O2/c25-20(16-8-9-22-18(13-16)24-11-10-21-14-24)23-19(17-7-4-12-26-17)15-5-2-1-3-6-15/h1-14,19H,(H,23,25)/t19-/m1/s1. The largest absolute Gasteiger partial charge is 0.467 e. The Morgan fingerprint density at radius 2 is 1.96 bits per heavy atom. The van der Waals surface area contributed by atoms with E-state index in [9.17, 15) is 4.79 Å². The second kappa shape index (κ2) is 7.06. The lowest BCUT2D eigenvalue weighted by molar-refractivity contribution is 0.0939. The minimum Gasteiger partial charge on any atom is -0.467 e. The Morgan fingerprint density at radius 1 is 1.08 bits per heavy atom. The van der Waals surface area contributed by atoms with Crippen molar-refractivity contribution in [2.24, 2.45) is 0 Å². The smallest absolute Gasteiger partial charge is 0.252 e. The average molecular weight is 344 g/mol. The topological polar surface area (TPSA) is 73.0 Å². The third kappa shape index (κ3) is 3.25. The minimum absolute atomic E-state index is 0.209. The summed E-state index contributed by atoms with van der Waals surface area (Å²) in [5.41, 5.74) is 1.45. The zero-order valence-corrected chi connectivity index (χ0v) is 13.8. The van der Waals surface area contributed by atoms with Gasteiger partial charge in [-0.2, -0.15) is 0 Å². The number of nitrogens with zero attached hydrogens (tertiary/aromatic N) is 3. The van der Waals surface area contributed by atoms with E-state index in [1.165, 1.54) is 0 Å². The van der Waals surface area contributed by atoms with E-state index in [-0.39, 0.29) is 11.9 Å². The number of carbonyl (C=O) groups is 1. The molecule has 4 rings (SSSR count). The van der Waals surface area contributed by atoms with E-state index in [0.29, 0.717) is 17.1 Å². The van der Waals surface area contributed by atoms with Crippen LogP contribution in [-0.4, -0.2) is 20.4 Å². The van der Waals surface area contributed by atoms with Gasteiger partial charge in [0.05, 0.1) is 6.26 Å². The number of nitrogens with one attached hydrogen (secondary N) is 1. The lowest BCUT2D eigenvalue weighted by Crippen LogP contribution is -2.29. The summed E-state index contributed by atoms with van der Waals surface area (Å²) >= 11 is 0. The van der Waals surface area contributed by atoms with Crippen LogP contribution in [0.15, 0.2) is 90.2 Å². The van der Waals surface area contributed by atoms with Gasteiger partial charge in [0.1, 0.15) is 23.9 Å². The van der Waals surface area contributed by atoms with Gasteiger partial charge in [0.25, 0.3) is 5.91 Å². The predicted molar refractivity (Wildman–Crippen MR) is 95.8 cm³/mol. The molecular formula is C20H16N4O2. The summed E-state index contributed by atoms with van der Waals surface area (Å²) in [7, 11) is 0. The number of rotatable bonds is 5. The van der Waals surface area contributed by atoms with Crippen LogP contribution < -0.4 is 5.32 Å². The fourth-order valence-corrected chi connectivity index (χ4v) is 2.73. The van der Waals surface area contributed by atoms with Gasteiger partial charge in [-0.25, -0.2) is 9.97 Å². The Balaban J connectivity index is 1.62. The monoisotopic (exact) mass is 344 g/mol. The highest BCUT2D eigenvalue weighted by Crippen LogP contribution is 2.23. The third-order valence-electron chi connectivity index (χ3n) is 4.01. The van der Waals surface area contributed by atoms with Gasteiger partial charge in [0.2, 0.25) is 0 Å². The highest BCUT2D eigenvalue weighted by atomic mass is 16.3. The third-order valence-corrected chi connectivity index (χ3v) is 4.01. The van der Waals surface area contributed by atoms with Crippen LogP contribution in [0.1, 0.15) is 27.7 Å². The van der Waals surface area contributed by atoms with Crippen LogP contribution in [0.2, 0.25) is 0 Å². The predicted octanol–water partition coefficient (Wildman–Crippen LogP) is 3.38. The number of carbonyl (C=O) groups excluding carboxylic acids is 1. The van der Waals surface area contributed by atoms with Crippen LogP contribution in [0.5, 0.6) is 0 Å². The molecule has 128 valence electrons. The van der Waals surface area contributed by atoms with Crippen molar-refractivity contribution in [1.82, 2.24) is 19.9 Å². The first-order valence-corrected chi connectivity index (χ1v) is 8.15. The van der Waals surface area contributed by atoms with Gasteiger partial charge in [-0.15, -0.1) is 0 Å². The molecule has 0 radical (unpaired) electrons. The van der Waals surface area contributed by atoms with Gasteiger partial charge >= 0.3 is 0 Å². The lowest BCUT2D eigenvalue weighted by atomic mass is 10.0. The van der Waals surface area contributed by atoms with E-state index < -0.39 is 0 Å². The molecule has 4 aromatic rings. The zero-order chi connectivity index (χ0) is 17.8. The van der Waals surface area contributed by atoms with Gasteiger partial charge in [0.15, 0.2) is 0 Å². The Bertz CT molecular complexity index is 980. The van der Waals surface area contributed by atoms with Gasteiger partial charge in [-0.3, -0.25) is 9.36 Å². The first-order valence-electron chi connectivity index (χ1n) is 8.15. The summed E-state index contributed by atoms with van der Waals surface area (Å²) in [5.74, 6) is 1.09. The minimum atomic E-state index is -0.372. The maximum absolute atomic E-state index is 12.8. The summed E-state index contributed by atoms with van der Waals surface area (Å²) in [6.07, 6.45) is 8.28. The highest BCUT2D eigenvalue weighted by Gasteiger charge is 2.20. The van der Waals surface area contributed by atoms with Crippen molar-refractivity contribution >= 4 is 5.91 Å². The van der Waals surface area contributed by atoms with Crippen molar-refractivity contribution in [3.05, 3.63) is 103 Å². The molecule has 3 aromatic heterocycles. The fraction of sp³-hybridized carbons (Fsp3) is 0.0500. The van der Waals surface area contributed by atoms with Crippen LogP contribution >= 0.6 is 0 Å². The second-order valence-corrected chi connectivity index (χ2v) is 5.71. The molecule has 26 heavy (non-hydrogen) atoms. The molecule has 0 bridgehead atoms. The summed E-state index contributed by atoms with van der Waals surface area (Å²) < 4.78 is 7.28. The molecule has 1 N–H and O–H groups in total. The number of hydrogen-bond acceptors (Lipinski definition) is 4. The Morgan fingerprint density at radius 3 is 2.69 bits per heavy atom. The molecule has 0 saturated heterocycles. The Hall–Kier alpha value is -3.67. The van der Waals surface area contributed by atoms with Crippen LogP contribution in [-0.2, 0) is 0 Å². The average Bonchev–Trinajstić information content (AvgIpc) is 3.40. The van der Waals surface area contributed by atoms with Crippen molar-refractivity contribution < 1.29 is 9.21 Å². The molecule has 0 saturated carbocycles. The number of amides is 1. The van der Waals surface area contributed by atoms with E-state index in [1.807, 2.05) is 36.4 Å². The van der Waals surface area contributed by atoms with E-state index in [0.717, 1.165) is 5.56 Å². The molecule has 6 nitrogen and oxygen atoms in total. The Labute approximate surface area is 150 Å². The van der Waals surface area contributed by atoms with Crippen molar-refractivity contribution in [2.75, 3.05) is 0 Å². The molecule has 3 heterocycles. The van der Waals surface area contributed by atoms with Crippen LogP contribution in [0.25, 0.3) is 5.82 Å². The molecule has 1 amide bonds. The molecule has 6 heteroatoms. The normalized spacial score (nSPS) is 11.8. The first-order chi connectivity index (χ1) is 12.8. The van der Waals surface area contributed by atoms with Gasteiger partial charge in [-0.1, -0.05) is 30.3 Å². The quantitative estimate of drug-likeness (QED) is 0.602. The van der Waals surface area contributed by atoms with E-state index in [1.54, 1.807) is 53.9 Å². The van der Waals surface area contributed by atoms with E-state index in [2.05, 4.69) is 15.3 Å². The SMILES string of the molecule is O=C(N[C@H](c1ccccc1)c1ccco1)c1ccnc(-n2ccnc2)c1. The van der Waals surface area contributed by atoms with E-state index >= 15 is 0 Å². The maximum atomic E-state index is 12.8. The molecule has 0 spiro atoms. The van der Waals surface area contributed by atoms with Crippen molar-refractivity contribution in [3.8, 4) is 5.82 Å². The van der Waals surface area contributed by atoms with Crippen molar-refractivity contribution in [2.45, 2.75) is 6.04 Å². The Kier molecular flexibility index (Phi) is 4.30. The number of pyridine rings is 1. The maximum Gasteiger partial charge on any atom is 0.252 e. The number of benzene rings is 1. The number of aromatic nitrogens is 3. The summed E-state index contributed by atoms with van der Waals surface area (Å²) in [6.45, 7) is 0. The van der Waals surface area contributed by atoms with Crippen LogP contribution in [0.4, 0.5) is 0 Å². The fourth-order valence-electron chi connectivity index (χ4n) is 2.73. The molecule has 0 fully saturated rings. The summed E-state index contributed by atoms with van der Waals surface area (Å²) in [5, 5.41) is 3.04. The lowest BCUT2D eigenvalue weighted by Gasteiger charge is -2.17. The second-order valence-electron chi connectivity index (χ2n) is 5.71. The number of furan rings is 1. The first kappa shape index (κ1) is 15.8. The molecule has 0 aliphatic heterocycles. The summed E-state index contributed by atoms with van der Waals surface area (Å²) in [6, 6.07) is 16.4. The molecule has 1 aromatic carbocycles. The van der Waals surface area contributed by atoms with Gasteiger partial charge in [0, 0.05) is 24.2 Å². The van der Waals surface area contributed by atoms with E-state index in [4.69, 9.17) is 4.42 Å². The van der Waals surface area contributed by atoms with Crippen LogP contribution in [0.3, 0.4) is 0 Å². The molecule has 0 aliphatic carbocycles. The van der Waals surface area contributed by atoms with Crippen LogP contribution in [0, 0.1) is 0 Å². The van der Waals surface area contributed by atoms with Gasteiger partial charge < -0.3 is 9.73 Å². The van der Waals surface area contributed by atoms with Crippen molar-refractivity contribution in [1.29, 1.82) is 0 Å².